The van der Waals surface area contributed by atoms with Crippen LogP contribution in [0, 0.1) is 24.1 Å². The number of benzene rings is 2. The molecule has 0 spiro atoms. The van der Waals surface area contributed by atoms with Gasteiger partial charge in [-0.2, -0.15) is 5.26 Å². The predicted octanol–water partition coefficient (Wildman–Crippen LogP) is 4.10. The molecule has 0 amide bonds. The average Bonchev–Trinajstić information content (AvgIpc) is 2.80. The molecule has 1 aliphatic heterocycles. The Hall–Kier alpha value is -3.41. The van der Waals surface area contributed by atoms with Gasteiger partial charge in [0.25, 0.3) is 0 Å². The molecule has 4 rings (SSSR count). The highest BCUT2D eigenvalue weighted by Crippen LogP contribution is 2.33. The van der Waals surface area contributed by atoms with Crippen molar-refractivity contribution in [1.82, 2.24) is 9.88 Å². The molecule has 0 saturated carbocycles. The number of pyridine rings is 1. The van der Waals surface area contributed by atoms with Gasteiger partial charge in [0.1, 0.15) is 28.9 Å². The highest BCUT2D eigenvalue weighted by atomic mass is 19.1. The zero-order valence-electron chi connectivity index (χ0n) is 17.9. The second-order valence-electron chi connectivity index (χ2n) is 7.70. The van der Waals surface area contributed by atoms with E-state index in [4.69, 9.17) is 9.47 Å². The van der Waals surface area contributed by atoms with Crippen molar-refractivity contribution in [1.29, 1.82) is 5.26 Å². The molecule has 0 bridgehead atoms. The van der Waals surface area contributed by atoms with Crippen LogP contribution in [0.1, 0.15) is 17.5 Å². The van der Waals surface area contributed by atoms with Gasteiger partial charge in [-0.3, -0.25) is 9.88 Å². The van der Waals surface area contributed by atoms with Crippen LogP contribution < -0.4 is 10.1 Å². The molecule has 0 radical (unpaired) electrons. The van der Waals surface area contributed by atoms with Crippen molar-refractivity contribution in [3.63, 3.8) is 0 Å². The van der Waals surface area contributed by atoms with Crippen LogP contribution in [-0.4, -0.2) is 54.4 Å². The first kappa shape index (κ1) is 21.8. The van der Waals surface area contributed by atoms with Crippen molar-refractivity contribution in [2.45, 2.75) is 13.3 Å². The highest BCUT2D eigenvalue weighted by molar-refractivity contribution is 5.97. The van der Waals surface area contributed by atoms with Gasteiger partial charge in [-0.25, -0.2) is 4.39 Å². The van der Waals surface area contributed by atoms with Gasteiger partial charge in [0.15, 0.2) is 0 Å². The van der Waals surface area contributed by atoms with E-state index < -0.39 is 5.82 Å². The molecule has 32 heavy (non-hydrogen) atoms. The fourth-order valence-electron chi connectivity index (χ4n) is 3.73. The van der Waals surface area contributed by atoms with E-state index in [1.54, 1.807) is 31.3 Å². The van der Waals surface area contributed by atoms with E-state index in [0.29, 0.717) is 40.1 Å². The van der Waals surface area contributed by atoms with E-state index in [1.165, 1.54) is 12.1 Å². The number of nitriles is 1. The third-order valence-electron chi connectivity index (χ3n) is 5.52. The molecular formula is C24H25FN4O3. The lowest BCUT2D eigenvalue weighted by molar-refractivity contribution is 0.0358. The van der Waals surface area contributed by atoms with Crippen molar-refractivity contribution in [2.24, 2.45) is 0 Å². The van der Waals surface area contributed by atoms with E-state index in [1.807, 2.05) is 0 Å². The first-order chi connectivity index (χ1) is 15.6. The maximum absolute atomic E-state index is 14.4. The number of aromatic nitrogens is 1. The van der Waals surface area contributed by atoms with Crippen molar-refractivity contribution in [2.75, 3.05) is 44.8 Å². The van der Waals surface area contributed by atoms with Crippen LogP contribution >= 0.6 is 0 Å². The van der Waals surface area contributed by atoms with Gasteiger partial charge in [0, 0.05) is 43.0 Å². The standard InChI is InChI=1S/C24H25FN4O3/c1-16-13-19(25)21(14-22(16)30)28-20-5-6-27-24-17(20)3-4-23(18(24)15-26)32-10-2-7-29-8-11-31-12-9-29/h3-6,13-14,30H,2,7-12H2,1H3,(H,27,28). The number of anilines is 2. The quantitative estimate of drug-likeness (QED) is 0.539. The summed E-state index contributed by atoms with van der Waals surface area (Å²) in [6.07, 6.45) is 2.40. The monoisotopic (exact) mass is 436 g/mol. The van der Waals surface area contributed by atoms with Gasteiger partial charge in [-0.15, -0.1) is 0 Å². The lowest BCUT2D eigenvalue weighted by Crippen LogP contribution is -2.37. The number of ether oxygens (including phenoxy) is 2. The van der Waals surface area contributed by atoms with Gasteiger partial charge < -0.3 is 19.9 Å². The Morgan fingerprint density at radius 2 is 2.06 bits per heavy atom. The van der Waals surface area contributed by atoms with Crippen molar-refractivity contribution < 1.29 is 19.0 Å². The van der Waals surface area contributed by atoms with Gasteiger partial charge >= 0.3 is 0 Å². The van der Waals surface area contributed by atoms with E-state index in [9.17, 15) is 14.8 Å². The Bertz CT molecular complexity index is 1160. The number of phenolic OH excluding ortho intramolecular Hbond substituents is 1. The molecule has 1 saturated heterocycles. The fourth-order valence-corrected chi connectivity index (χ4v) is 3.73. The topological polar surface area (TPSA) is 90.6 Å². The Morgan fingerprint density at radius 1 is 1.25 bits per heavy atom. The number of hydrogen-bond acceptors (Lipinski definition) is 7. The lowest BCUT2D eigenvalue weighted by Gasteiger charge is -2.26. The molecule has 2 N–H and O–H groups in total. The van der Waals surface area contributed by atoms with Gasteiger partial charge in [-0.1, -0.05) is 0 Å². The molecule has 166 valence electrons. The van der Waals surface area contributed by atoms with E-state index in [2.05, 4.69) is 21.3 Å². The minimum absolute atomic E-state index is 0.00209. The summed E-state index contributed by atoms with van der Waals surface area (Å²) in [4.78, 5) is 6.70. The lowest BCUT2D eigenvalue weighted by atomic mass is 10.1. The van der Waals surface area contributed by atoms with Crippen molar-refractivity contribution in [3.05, 3.63) is 53.5 Å². The molecule has 3 aromatic rings. The van der Waals surface area contributed by atoms with Crippen LogP contribution in [0.15, 0.2) is 36.5 Å². The summed E-state index contributed by atoms with van der Waals surface area (Å²) in [6.45, 7) is 6.42. The third kappa shape index (κ3) is 4.74. The molecule has 0 unspecified atom stereocenters. The van der Waals surface area contributed by atoms with Crippen LogP contribution in [-0.2, 0) is 4.74 Å². The number of nitrogens with one attached hydrogen (secondary N) is 1. The highest BCUT2D eigenvalue weighted by Gasteiger charge is 2.15. The number of nitrogens with zero attached hydrogens (tertiary/aromatic N) is 3. The first-order valence-electron chi connectivity index (χ1n) is 10.6. The van der Waals surface area contributed by atoms with Gasteiger partial charge in [0.2, 0.25) is 0 Å². The Kier molecular flexibility index (Phi) is 6.69. The van der Waals surface area contributed by atoms with Gasteiger partial charge in [0.05, 0.1) is 31.0 Å². The largest absolute Gasteiger partial charge is 0.508 e. The molecule has 1 fully saturated rings. The van der Waals surface area contributed by atoms with Crippen LogP contribution in [0.4, 0.5) is 15.8 Å². The number of fused-ring (bicyclic) bond motifs is 1. The van der Waals surface area contributed by atoms with Crippen LogP contribution in [0.3, 0.4) is 0 Å². The SMILES string of the molecule is Cc1cc(F)c(Nc2ccnc3c(C#N)c(OCCCN4CCOCC4)ccc23)cc1O. The number of halogens is 1. The Labute approximate surface area is 186 Å². The Morgan fingerprint density at radius 3 is 2.84 bits per heavy atom. The normalized spacial score (nSPS) is 14.3. The second-order valence-corrected chi connectivity index (χ2v) is 7.70. The maximum atomic E-state index is 14.4. The summed E-state index contributed by atoms with van der Waals surface area (Å²) in [5, 5.41) is 23.4. The zero-order chi connectivity index (χ0) is 22.5. The first-order valence-corrected chi connectivity index (χ1v) is 10.6. The minimum Gasteiger partial charge on any atom is -0.508 e. The zero-order valence-corrected chi connectivity index (χ0v) is 17.9. The molecule has 0 atom stereocenters. The van der Waals surface area contributed by atoms with E-state index >= 15 is 0 Å². The van der Waals surface area contributed by atoms with Crippen molar-refractivity contribution in [3.8, 4) is 17.6 Å². The van der Waals surface area contributed by atoms with Crippen LogP contribution in [0.2, 0.25) is 0 Å². The number of rotatable bonds is 7. The molecule has 8 heteroatoms. The molecule has 1 aliphatic rings. The van der Waals surface area contributed by atoms with E-state index in [-0.39, 0.29) is 11.4 Å². The summed E-state index contributed by atoms with van der Waals surface area (Å²) in [6, 6.07) is 10.0. The minimum atomic E-state index is -0.481. The number of aromatic hydroxyl groups is 1. The number of aryl methyl sites for hydroxylation is 1. The van der Waals surface area contributed by atoms with Crippen LogP contribution in [0.5, 0.6) is 11.5 Å². The number of phenols is 1. The summed E-state index contributed by atoms with van der Waals surface area (Å²) in [5.41, 5.74) is 1.98. The third-order valence-corrected chi connectivity index (χ3v) is 5.52. The summed E-state index contributed by atoms with van der Waals surface area (Å²) >= 11 is 0. The molecule has 0 aliphatic carbocycles. The second kappa shape index (κ2) is 9.81. The molecule has 1 aromatic heterocycles. The molecular weight excluding hydrogens is 411 g/mol. The van der Waals surface area contributed by atoms with E-state index in [0.717, 1.165) is 39.3 Å². The maximum Gasteiger partial charge on any atom is 0.147 e. The molecule has 2 aromatic carbocycles. The summed E-state index contributed by atoms with van der Waals surface area (Å²) < 4.78 is 25.6. The molecule has 7 nitrogen and oxygen atoms in total. The smallest absolute Gasteiger partial charge is 0.147 e. The fraction of sp³-hybridized carbons (Fsp3) is 0.333. The van der Waals surface area contributed by atoms with Crippen LogP contribution in [0.25, 0.3) is 10.9 Å². The number of hydrogen-bond donors (Lipinski definition) is 2. The van der Waals surface area contributed by atoms with Crippen molar-refractivity contribution >= 4 is 22.3 Å². The Balaban J connectivity index is 1.52. The molecule has 2 heterocycles. The summed E-state index contributed by atoms with van der Waals surface area (Å²) in [7, 11) is 0. The average molecular weight is 436 g/mol. The summed E-state index contributed by atoms with van der Waals surface area (Å²) in [5.74, 6) is -0.00507. The van der Waals surface area contributed by atoms with Gasteiger partial charge in [-0.05, 0) is 43.2 Å². The predicted molar refractivity (Wildman–Crippen MR) is 120 cm³/mol. The number of morpholine rings is 1.